The van der Waals surface area contributed by atoms with Crippen LogP contribution < -0.4 is 16.2 Å². The predicted octanol–water partition coefficient (Wildman–Crippen LogP) is 3.55. The van der Waals surface area contributed by atoms with Crippen molar-refractivity contribution in [3.63, 3.8) is 0 Å². The molecule has 0 bridgehead atoms. The van der Waals surface area contributed by atoms with Crippen molar-refractivity contribution in [1.29, 1.82) is 0 Å². The molecule has 1 unspecified atom stereocenters. The molecule has 0 aromatic heterocycles. The lowest BCUT2D eigenvalue weighted by atomic mass is 10.0. The van der Waals surface area contributed by atoms with E-state index in [0.29, 0.717) is 13.0 Å². The zero-order chi connectivity index (χ0) is 20.7. The van der Waals surface area contributed by atoms with Crippen molar-refractivity contribution in [1.82, 2.24) is 0 Å². The van der Waals surface area contributed by atoms with Crippen LogP contribution in [0.1, 0.15) is 42.9 Å². The van der Waals surface area contributed by atoms with Gasteiger partial charge in [-0.15, -0.1) is 0 Å². The van der Waals surface area contributed by atoms with Gasteiger partial charge in [0.05, 0.1) is 13.2 Å². The standard InChI is InChI=1S/C24H30N2O3/c1-24(26,17-25)23(27)29-14-6-13-28-22-12-11-19-9-5-10-20(15-21(19)16-22)18-7-3-2-4-8-18/h2-4,7-8,11-12,15-16H,5-6,9-10,13-14,17,25-26H2,1H3. The number of hydrogen-bond donors (Lipinski definition) is 2. The fourth-order valence-electron chi connectivity index (χ4n) is 3.30. The summed E-state index contributed by atoms with van der Waals surface area (Å²) in [5.74, 6) is 0.342. The van der Waals surface area contributed by atoms with Crippen LogP contribution in [-0.4, -0.2) is 31.3 Å². The van der Waals surface area contributed by atoms with Crippen molar-refractivity contribution in [2.45, 2.75) is 38.1 Å². The van der Waals surface area contributed by atoms with Crippen LogP contribution in [0, 0.1) is 0 Å². The third-order valence-electron chi connectivity index (χ3n) is 5.16. The molecule has 5 heteroatoms. The molecule has 0 saturated heterocycles. The molecule has 0 fully saturated rings. The van der Waals surface area contributed by atoms with Gasteiger partial charge in [-0.25, -0.2) is 0 Å². The van der Waals surface area contributed by atoms with Crippen LogP contribution in [0.2, 0.25) is 0 Å². The minimum Gasteiger partial charge on any atom is -0.493 e. The predicted molar refractivity (Wildman–Crippen MR) is 116 cm³/mol. The molecule has 3 rings (SSSR count). The number of nitrogens with two attached hydrogens (primary N) is 2. The summed E-state index contributed by atoms with van der Waals surface area (Å²) in [6.07, 6.45) is 6.15. The van der Waals surface area contributed by atoms with Crippen LogP contribution in [-0.2, 0) is 16.0 Å². The Hall–Kier alpha value is -2.63. The van der Waals surface area contributed by atoms with Gasteiger partial charge in [0.15, 0.2) is 0 Å². The van der Waals surface area contributed by atoms with E-state index in [1.807, 2.05) is 12.1 Å². The van der Waals surface area contributed by atoms with Crippen LogP contribution in [0.4, 0.5) is 0 Å². The van der Waals surface area contributed by atoms with E-state index in [9.17, 15) is 4.79 Å². The summed E-state index contributed by atoms with van der Waals surface area (Å²) in [4.78, 5) is 11.8. The molecule has 0 amide bonds. The molecule has 1 aliphatic carbocycles. The first-order chi connectivity index (χ1) is 14.0. The number of carbonyl (C=O) groups excluding carboxylic acids is 1. The number of benzene rings is 2. The van der Waals surface area contributed by atoms with E-state index in [1.165, 1.54) is 22.3 Å². The number of ether oxygens (including phenoxy) is 2. The molecule has 4 N–H and O–H groups in total. The highest BCUT2D eigenvalue weighted by Gasteiger charge is 2.28. The van der Waals surface area contributed by atoms with Gasteiger partial charge in [0, 0.05) is 13.0 Å². The van der Waals surface area contributed by atoms with Crippen molar-refractivity contribution in [3.8, 4) is 5.75 Å². The van der Waals surface area contributed by atoms with Gasteiger partial charge in [-0.05, 0) is 60.6 Å². The number of allylic oxidation sites excluding steroid dienone is 1. The van der Waals surface area contributed by atoms with Gasteiger partial charge < -0.3 is 20.9 Å². The SMILES string of the molecule is CC(N)(CN)C(=O)OCCCOc1ccc2c(c1)C=C(c1ccccc1)CCC2. The van der Waals surface area contributed by atoms with Gasteiger partial charge >= 0.3 is 5.97 Å². The van der Waals surface area contributed by atoms with E-state index in [-0.39, 0.29) is 13.2 Å². The van der Waals surface area contributed by atoms with E-state index >= 15 is 0 Å². The van der Waals surface area contributed by atoms with Gasteiger partial charge in [0.1, 0.15) is 11.3 Å². The fourth-order valence-corrected chi connectivity index (χ4v) is 3.30. The first-order valence-corrected chi connectivity index (χ1v) is 10.2. The monoisotopic (exact) mass is 394 g/mol. The highest BCUT2D eigenvalue weighted by molar-refractivity contribution is 5.83. The Morgan fingerprint density at radius 1 is 1.10 bits per heavy atom. The molecule has 5 nitrogen and oxygen atoms in total. The Morgan fingerprint density at radius 2 is 1.90 bits per heavy atom. The average Bonchev–Trinajstić information content (AvgIpc) is 2.96. The summed E-state index contributed by atoms with van der Waals surface area (Å²) in [7, 11) is 0. The number of carbonyl (C=O) groups is 1. The molecule has 2 aromatic rings. The van der Waals surface area contributed by atoms with Gasteiger partial charge in [0.25, 0.3) is 0 Å². The molecule has 29 heavy (non-hydrogen) atoms. The summed E-state index contributed by atoms with van der Waals surface area (Å²) in [6, 6.07) is 16.8. The molecule has 0 heterocycles. The third kappa shape index (κ3) is 5.68. The van der Waals surface area contributed by atoms with Gasteiger partial charge in [-0.2, -0.15) is 0 Å². The van der Waals surface area contributed by atoms with Gasteiger partial charge in [0.2, 0.25) is 0 Å². The maximum absolute atomic E-state index is 11.8. The van der Waals surface area contributed by atoms with E-state index < -0.39 is 11.5 Å². The summed E-state index contributed by atoms with van der Waals surface area (Å²) in [6.45, 7) is 2.34. The first-order valence-electron chi connectivity index (χ1n) is 10.2. The van der Waals surface area contributed by atoms with E-state index in [1.54, 1.807) is 6.92 Å². The maximum atomic E-state index is 11.8. The van der Waals surface area contributed by atoms with Crippen molar-refractivity contribution in [2.75, 3.05) is 19.8 Å². The smallest absolute Gasteiger partial charge is 0.327 e. The second kappa shape index (κ2) is 9.72. The Labute approximate surface area is 172 Å². The highest BCUT2D eigenvalue weighted by Crippen LogP contribution is 2.31. The number of hydrogen-bond acceptors (Lipinski definition) is 5. The van der Waals surface area contributed by atoms with Gasteiger partial charge in [-0.3, -0.25) is 4.79 Å². The number of aryl methyl sites for hydroxylation is 1. The molecule has 2 aromatic carbocycles. The van der Waals surface area contributed by atoms with Crippen molar-refractivity contribution >= 4 is 17.6 Å². The largest absolute Gasteiger partial charge is 0.493 e. The zero-order valence-corrected chi connectivity index (χ0v) is 17.0. The lowest BCUT2D eigenvalue weighted by molar-refractivity contribution is -0.149. The zero-order valence-electron chi connectivity index (χ0n) is 17.0. The van der Waals surface area contributed by atoms with Crippen LogP contribution in [0.25, 0.3) is 11.6 Å². The summed E-state index contributed by atoms with van der Waals surface area (Å²) in [5, 5.41) is 0. The molecule has 1 atom stereocenters. The molecule has 0 spiro atoms. The molecular weight excluding hydrogens is 364 g/mol. The molecular formula is C24H30N2O3. The van der Waals surface area contributed by atoms with Crippen molar-refractivity contribution in [3.05, 3.63) is 65.2 Å². The lowest BCUT2D eigenvalue weighted by Gasteiger charge is -2.20. The van der Waals surface area contributed by atoms with Crippen LogP contribution in [0.15, 0.2) is 48.5 Å². The minimum atomic E-state index is -1.14. The number of fused-ring (bicyclic) bond motifs is 1. The van der Waals surface area contributed by atoms with Crippen LogP contribution >= 0.6 is 0 Å². The first kappa shape index (κ1) is 21.1. The highest BCUT2D eigenvalue weighted by atomic mass is 16.5. The number of esters is 1. The molecule has 1 aliphatic rings. The average molecular weight is 395 g/mol. The maximum Gasteiger partial charge on any atom is 0.327 e. The quantitative estimate of drug-likeness (QED) is 0.528. The second-order valence-corrected chi connectivity index (χ2v) is 7.71. The van der Waals surface area contributed by atoms with E-state index in [2.05, 4.69) is 42.5 Å². The fraction of sp³-hybridized carbons (Fsp3) is 0.375. The molecule has 0 radical (unpaired) electrons. The Morgan fingerprint density at radius 3 is 2.66 bits per heavy atom. The number of rotatable bonds is 8. The Bertz CT molecular complexity index is 860. The normalized spacial score (nSPS) is 15.5. The molecule has 0 saturated carbocycles. The minimum absolute atomic E-state index is 0.0515. The summed E-state index contributed by atoms with van der Waals surface area (Å²) >= 11 is 0. The lowest BCUT2D eigenvalue weighted by Crippen LogP contribution is -2.52. The second-order valence-electron chi connectivity index (χ2n) is 7.71. The van der Waals surface area contributed by atoms with Crippen molar-refractivity contribution in [2.24, 2.45) is 11.5 Å². The van der Waals surface area contributed by atoms with E-state index in [4.69, 9.17) is 20.9 Å². The summed E-state index contributed by atoms with van der Waals surface area (Å²) < 4.78 is 11.0. The summed E-state index contributed by atoms with van der Waals surface area (Å²) in [5.41, 5.74) is 15.3. The van der Waals surface area contributed by atoms with Gasteiger partial charge in [-0.1, -0.05) is 42.5 Å². The third-order valence-corrected chi connectivity index (χ3v) is 5.16. The Kier molecular flexibility index (Phi) is 7.07. The van der Waals surface area contributed by atoms with Crippen molar-refractivity contribution < 1.29 is 14.3 Å². The van der Waals surface area contributed by atoms with Crippen LogP contribution in [0.5, 0.6) is 5.75 Å². The molecule has 0 aliphatic heterocycles. The Balaban J connectivity index is 1.58. The van der Waals surface area contributed by atoms with Crippen LogP contribution in [0.3, 0.4) is 0 Å². The molecule has 154 valence electrons. The topological polar surface area (TPSA) is 87.6 Å². The van der Waals surface area contributed by atoms with E-state index in [0.717, 1.165) is 25.0 Å².